The second-order valence-corrected chi connectivity index (χ2v) is 3.24. The van der Waals surface area contributed by atoms with Gasteiger partial charge in [0.15, 0.2) is 0 Å². The molecule has 0 bridgehead atoms. The molecule has 1 heteroatoms. The minimum Gasteiger partial charge on any atom is -0.393 e. The molecular weight excluding hydrogens is 148 g/mol. The monoisotopic (exact) mass is 167 g/mol. The van der Waals surface area contributed by atoms with Crippen LogP contribution in [0.5, 0.6) is 0 Å². The summed E-state index contributed by atoms with van der Waals surface area (Å²) in [4.78, 5) is 0. The Hall–Kier alpha value is -0.480. The third kappa shape index (κ3) is 4.41. The van der Waals surface area contributed by atoms with Gasteiger partial charge in [-0.05, 0) is 31.6 Å². The lowest BCUT2D eigenvalue weighted by Crippen LogP contribution is -2.19. The fourth-order valence-electron chi connectivity index (χ4n) is 1.49. The first kappa shape index (κ1) is 11.5. The van der Waals surface area contributed by atoms with Gasteiger partial charge >= 0.3 is 0 Å². The van der Waals surface area contributed by atoms with Gasteiger partial charge in [-0.15, -0.1) is 0 Å². The van der Waals surface area contributed by atoms with Crippen molar-refractivity contribution in [3.8, 4) is 5.92 Å². The lowest BCUT2D eigenvalue weighted by Gasteiger charge is -2.20. The Kier molecular flexibility index (Phi) is 6.90. The Morgan fingerprint density at radius 3 is 2.42 bits per heavy atom. The van der Waals surface area contributed by atoms with Crippen LogP contribution in [0, 0.1) is 18.3 Å². The van der Waals surface area contributed by atoms with Gasteiger partial charge < -0.3 is 5.11 Å². The number of rotatable bonds is 6. The minimum atomic E-state index is -0.182. The molecule has 0 aliphatic carbocycles. The molecule has 2 unspecified atom stereocenters. The molecule has 0 saturated heterocycles. The Morgan fingerprint density at radius 2 is 2.00 bits per heavy atom. The predicted molar refractivity (Wildman–Crippen MR) is 51.1 cm³/mol. The van der Waals surface area contributed by atoms with E-state index in [-0.39, 0.29) is 6.10 Å². The summed E-state index contributed by atoms with van der Waals surface area (Å²) in [6, 6.07) is 0. The van der Waals surface area contributed by atoms with E-state index in [0.717, 1.165) is 25.7 Å². The van der Waals surface area contributed by atoms with E-state index >= 15 is 0 Å². The normalized spacial score (nSPS) is 15.2. The average molecular weight is 167 g/mol. The molecule has 0 fully saturated rings. The van der Waals surface area contributed by atoms with Crippen molar-refractivity contribution in [1.82, 2.24) is 0 Å². The molecule has 0 aromatic carbocycles. The van der Waals surface area contributed by atoms with E-state index in [1.165, 1.54) is 0 Å². The zero-order valence-corrected chi connectivity index (χ0v) is 8.14. The molecule has 0 aliphatic heterocycles. The zero-order valence-electron chi connectivity index (χ0n) is 8.14. The van der Waals surface area contributed by atoms with Gasteiger partial charge in [0.25, 0.3) is 0 Å². The van der Waals surface area contributed by atoms with Crippen LogP contribution in [0.1, 0.15) is 46.0 Å². The van der Waals surface area contributed by atoms with Crippen LogP contribution in [0.2, 0.25) is 0 Å². The highest BCUT2D eigenvalue weighted by Crippen LogP contribution is 2.19. The van der Waals surface area contributed by atoms with E-state index < -0.39 is 0 Å². The number of aliphatic hydroxyl groups is 1. The van der Waals surface area contributed by atoms with Gasteiger partial charge in [0, 0.05) is 6.42 Å². The molecule has 0 spiro atoms. The first-order valence-corrected chi connectivity index (χ1v) is 4.83. The first-order chi connectivity index (χ1) is 5.76. The van der Waals surface area contributed by atoms with Gasteiger partial charge in [-0.1, -0.05) is 26.2 Å². The van der Waals surface area contributed by atoms with Crippen molar-refractivity contribution in [2.75, 3.05) is 0 Å². The van der Waals surface area contributed by atoms with Crippen molar-refractivity contribution in [3.05, 3.63) is 6.42 Å². The van der Waals surface area contributed by atoms with E-state index in [1.807, 2.05) is 6.92 Å². The third-order valence-corrected chi connectivity index (χ3v) is 2.26. The van der Waals surface area contributed by atoms with Crippen molar-refractivity contribution in [3.63, 3.8) is 0 Å². The van der Waals surface area contributed by atoms with Gasteiger partial charge in [0.05, 0.1) is 6.10 Å². The van der Waals surface area contributed by atoms with Crippen LogP contribution in [-0.4, -0.2) is 11.2 Å². The predicted octanol–water partition coefficient (Wildman–Crippen LogP) is 2.54. The van der Waals surface area contributed by atoms with Crippen LogP contribution in [-0.2, 0) is 0 Å². The van der Waals surface area contributed by atoms with Gasteiger partial charge in [0.1, 0.15) is 0 Å². The number of aliphatic hydroxyl groups excluding tert-OH is 1. The van der Waals surface area contributed by atoms with Crippen LogP contribution < -0.4 is 0 Å². The van der Waals surface area contributed by atoms with Crippen LogP contribution in [0.3, 0.4) is 0 Å². The molecule has 1 nitrogen and oxygen atoms in total. The summed E-state index contributed by atoms with van der Waals surface area (Å²) in [6.45, 7) is 4.13. The highest BCUT2D eigenvalue weighted by Gasteiger charge is 2.15. The van der Waals surface area contributed by atoms with E-state index in [2.05, 4.69) is 12.8 Å². The molecule has 12 heavy (non-hydrogen) atoms. The van der Waals surface area contributed by atoms with Crippen molar-refractivity contribution < 1.29 is 5.11 Å². The molecule has 0 amide bonds. The summed E-state index contributed by atoms with van der Waals surface area (Å²) in [6.07, 6.45) is 11.2. The van der Waals surface area contributed by atoms with Crippen LogP contribution in [0.25, 0.3) is 0 Å². The Morgan fingerprint density at radius 1 is 1.33 bits per heavy atom. The van der Waals surface area contributed by atoms with Gasteiger partial charge in [-0.3, -0.25) is 0 Å². The average Bonchev–Trinajstić information content (AvgIpc) is 2.11. The Bertz CT molecular complexity index is 134. The van der Waals surface area contributed by atoms with Crippen molar-refractivity contribution >= 4 is 0 Å². The molecule has 0 rings (SSSR count). The van der Waals surface area contributed by atoms with Crippen LogP contribution in [0.15, 0.2) is 0 Å². The maximum absolute atomic E-state index is 9.59. The molecule has 0 heterocycles. The number of hydrogen-bond donors (Lipinski definition) is 1. The second-order valence-electron chi connectivity index (χ2n) is 3.24. The SMILES string of the molecule is [C]#CCCC(CCC)C(O)CC. The molecule has 0 saturated carbocycles. The van der Waals surface area contributed by atoms with E-state index in [4.69, 9.17) is 6.42 Å². The molecule has 69 valence electrons. The fraction of sp³-hybridized carbons (Fsp3) is 0.818. The third-order valence-electron chi connectivity index (χ3n) is 2.26. The standard InChI is InChI=1S/C11H19O/c1-4-7-9-10(8-5-2)11(12)6-3/h10-12H,5-9H2,2-3H3. The summed E-state index contributed by atoms with van der Waals surface area (Å²) in [5, 5.41) is 9.59. The molecular formula is C11H19O. The van der Waals surface area contributed by atoms with Crippen LogP contribution in [0.4, 0.5) is 0 Å². The molecule has 0 aromatic heterocycles. The molecule has 0 aliphatic rings. The highest BCUT2D eigenvalue weighted by molar-refractivity contribution is 4.79. The van der Waals surface area contributed by atoms with Crippen molar-refractivity contribution in [2.24, 2.45) is 5.92 Å². The molecule has 1 N–H and O–H groups in total. The summed E-state index contributed by atoms with van der Waals surface area (Å²) < 4.78 is 0. The molecule has 1 radical (unpaired) electrons. The van der Waals surface area contributed by atoms with Crippen molar-refractivity contribution in [2.45, 2.75) is 52.1 Å². The largest absolute Gasteiger partial charge is 0.393 e. The quantitative estimate of drug-likeness (QED) is 0.603. The maximum Gasteiger partial charge on any atom is 0.0566 e. The Labute approximate surface area is 76.2 Å². The van der Waals surface area contributed by atoms with Gasteiger partial charge in [-0.25, -0.2) is 0 Å². The maximum atomic E-state index is 9.59. The first-order valence-electron chi connectivity index (χ1n) is 4.83. The fourth-order valence-corrected chi connectivity index (χ4v) is 1.49. The van der Waals surface area contributed by atoms with Gasteiger partial charge in [-0.2, -0.15) is 0 Å². The Balaban J connectivity index is 3.78. The number of hydrogen-bond acceptors (Lipinski definition) is 1. The van der Waals surface area contributed by atoms with E-state index in [1.54, 1.807) is 0 Å². The van der Waals surface area contributed by atoms with Crippen LogP contribution >= 0.6 is 0 Å². The van der Waals surface area contributed by atoms with E-state index in [9.17, 15) is 5.11 Å². The second kappa shape index (κ2) is 7.18. The highest BCUT2D eigenvalue weighted by atomic mass is 16.3. The molecule has 2 atom stereocenters. The van der Waals surface area contributed by atoms with E-state index in [0.29, 0.717) is 12.3 Å². The van der Waals surface area contributed by atoms with Crippen molar-refractivity contribution in [1.29, 1.82) is 0 Å². The summed E-state index contributed by atoms with van der Waals surface area (Å²) in [7, 11) is 0. The lowest BCUT2D eigenvalue weighted by atomic mass is 9.91. The summed E-state index contributed by atoms with van der Waals surface area (Å²) >= 11 is 0. The van der Waals surface area contributed by atoms with Gasteiger partial charge in [0.2, 0.25) is 0 Å². The summed E-state index contributed by atoms with van der Waals surface area (Å²) in [5.74, 6) is 2.75. The minimum absolute atomic E-state index is 0.182. The smallest absolute Gasteiger partial charge is 0.0566 e. The summed E-state index contributed by atoms with van der Waals surface area (Å²) in [5.41, 5.74) is 0. The zero-order chi connectivity index (χ0) is 9.40. The molecule has 0 aromatic rings. The topological polar surface area (TPSA) is 20.2 Å². The lowest BCUT2D eigenvalue weighted by molar-refractivity contribution is 0.0939.